The fraction of sp³-hybridized carbons (Fsp3) is 0.0833. The summed E-state index contributed by atoms with van der Waals surface area (Å²) in [6, 6.07) is 8.28. The van der Waals surface area contributed by atoms with Crippen LogP contribution in [0.5, 0.6) is 5.75 Å². The lowest BCUT2D eigenvalue weighted by atomic mass is 10.2. The van der Waals surface area contributed by atoms with Gasteiger partial charge in [0.2, 0.25) is 0 Å². The first-order valence-electron chi connectivity index (χ1n) is 4.73. The molecule has 1 aromatic carbocycles. The fourth-order valence-electron chi connectivity index (χ4n) is 1.25. The van der Waals surface area contributed by atoms with Crippen LogP contribution in [0, 0.1) is 5.82 Å². The van der Waals surface area contributed by atoms with Crippen molar-refractivity contribution < 1.29 is 9.13 Å². The lowest BCUT2D eigenvalue weighted by Crippen LogP contribution is -1.98. The van der Waals surface area contributed by atoms with E-state index in [-0.39, 0.29) is 12.4 Å². The van der Waals surface area contributed by atoms with Crippen LogP contribution in [-0.4, -0.2) is 4.98 Å². The van der Waals surface area contributed by atoms with E-state index in [1.807, 2.05) is 0 Å². The predicted octanol–water partition coefficient (Wildman–Crippen LogP) is 3.56. The molecule has 0 saturated carbocycles. The molecule has 0 radical (unpaired) electrons. The van der Waals surface area contributed by atoms with Crippen LogP contribution in [0.4, 0.5) is 4.39 Å². The zero-order valence-corrected chi connectivity index (χ0v) is 9.95. The summed E-state index contributed by atoms with van der Waals surface area (Å²) in [5, 5.41) is 0. The van der Waals surface area contributed by atoms with E-state index in [4.69, 9.17) is 4.74 Å². The summed E-state index contributed by atoms with van der Waals surface area (Å²) in [4.78, 5) is 3.92. The molecule has 82 valence electrons. The summed E-state index contributed by atoms with van der Waals surface area (Å²) >= 11 is 3.31. The van der Waals surface area contributed by atoms with Crippen molar-refractivity contribution in [3.63, 3.8) is 0 Å². The standard InChI is InChI=1S/C12H9BrFNO/c13-10-7-15-6-5-12(10)16-8-9-3-1-2-4-11(9)14/h1-7H,8H2. The number of hydrogen-bond acceptors (Lipinski definition) is 2. The molecule has 1 heterocycles. The largest absolute Gasteiger partial charge is 0.487 e. The van der Waals surface area contributed by atoms with E-state index >= 15 is 0 Å². The molecule has 1 aromatic heterocycles. The van der Waals surface area contributed by atoms with Crippen LogP contribution in [0.2, 0.25) is 0 Å². The Bertz CT molecular complexity index is 444. The Kier molecular flexibility index (Phi) is 3.51. The van der Waals surface area contributed by atoms with Gasteiger partial charge in [0.05, 0.1) is 4.47 Å². The van der Waals surface area contributed by atoms with E-state index < -0.39 is 0 Å². The molecular formula is C12H9BrFNO. The van der Waals surface area contributed by atoms with Crippen LogP contribution in [-0.2, 0) is 6.61 Å². The van der Waals surface area contributed by atoms with Crippen LogP contribution in [0.1, 0.15) is 5.56 Å². The average Bonchev–Trinajstić information content (AvgIpc) is 2.30. The van der Waals surface area contributed by atoms with Gasteiger partial charge < -0.3 is 4.74 Å². The van der Waals surface area contributed by atoms with Crippen LogP contribution in [0.15, 0.2) is 47.2 Å². The Labute approximate surface area is 101 Å². The molecule has 0 fully saturated rings. The van der Waals surface area contributed by atoms with E-state index in [0.717, 1.165) is 4.47 Å². The molecule has 0 aliphatic rings. The highest BCUT2D eigenvalue weighted by molar-refractivity contribution is 9.10. The summed E-state index contributed by atoms with van der Waals surface area (Å²) in [6.45, 7) is 0.204. The van der Waals surface area contributed by atoms with Crippen molar-refractivity contribution in [1.82, 2.24) is 4.98 Å². The minimum absolute atomic E-state index is 0.204. The summed E-state index contributed by atoms with van der Waals surface area (Å²) in [7, 11) is 0. The summed E-state index contributed by atoms with van der Waals surface area (Å²) in [5.74, 6) is 0.394. The van der Waals surface area contributed by atoms with E-state index in [1.165, 1.54) is 6.07 Å². The van der Waals surface area contributed by atoms with Gasteiger partial charge in [0.15, 0.2) is 0 Å². The molecule has 0 unspecified atom stereocenters. The third-order valence-electron chi connectivity index (χ3n) is 2.08. The van der Waals surface area contributed by atoms with Crippen LogP contribution in [0.3, 0.4) is 0 Å². The van der Waals surface area contributed by atoms with E-state index in [1.54, 1.807) is 36.7 Å². The van der Waals surface area contributed by atoms with Crippen molar-refractivity contribution in [3.05, 3.63) is 58.6 Å². The highest BCUT2D eigenvalue weighted by Gasteiger charge is 2.03. The molecule has 0 N–H and O–H groups in total. The first-order chi connectivity index (χ1) is 7.77. The van der Waals surface area contributed by atoms with Crippen LogP contribution >= 0.6 is 15.9 Å². The number of benzene rings is 1. The molecule has 2 nitrogen and oxygen atoms in total. The van der Waals surface area contributed by atoms with Gasteiger partial charge >= 0.3 is 0 Å². The third kappa shape index (κ3) is 2.58. The van der Waals surface area contributed by atoms with E-state index in [2.05, 4.69) is 20.9 Å². The molecule has 0 atom stereocenters. The normalized spacial score (nSPS) is 10.1. The molecule has 0 aliphatic carbocycles. The van der Waals surface area contributed by atoms with Gasteiger partial charge in [0.25, 0.3) is 0 Å². The average molecular weight is 282 g/mol. The van der Waals surface area contributed by atoms with Crippen molar-refractivity contribution in [2.75, 3.05) is 0 Å². The highest BCUT2D eigenvalue weighted by Crippen LogP contribution is 2.23. The molecule has 0 saturated heterocycles. The maximum absolute atomic E-state index is 13.3. The monoisotopic (exact) mass is 281 g/mol. The van der Waals surface area contributed by atoms with Crippen LogP contribution in [0.25, 0.3) is 0 Å². The quantitative estimate of drug-likeness (QED) is 0.858. The molecule has 0 amide bonds. The maximum Gasteiger partial charge on any atom is 0.137 e. The summed E-state index contributed by atoms with van der Waals surface area (Å²) < 4.78 is 19.5. The zero-order chi connectivity index (χ0) is 11.4. The second-order valence-corrected chi connectivity index (χ2v) is 4.04. The Morgan fingerprint density at radius 2 is 2.06 bits per heavy atom. The molecular weight excluding hydrogens is 273 g/mol. The smallest absolute Gasteiger partial charge is 0.137 e. The van der Waals surface area contributed by atoms with Gasteiger partial charge in [0.1, 0.15) is 18.2 Å². The van der Waals surface area contributed by atoms with Gasteiger partial charge in [-0.3, -0.25) is 4.98 Å². The van der Waals surface area contributed by atoms with Gasteiger partial charge in [-0.1, -0.05) is 18.2 Å². The second kappa shape index (κ2) is 5.07. The zero-order valence-electron chi connectivity index (χ0n) is 8.36. The molecule has 0 aliphatic heterocycles. The first-order valence-corrected chi connectivity index (χ1v) is 5.52. The Balaban J connectivity index is 2.09. The van der Waals surface area contributed by atoms with E-state index in [0.29, 0.717) is 11.3 Å². The molecule has 16 heavy (non-hydrogen) atoms. The van der Waals surface area contributed by atoms with Crippen molar-refractivity contribution >= 4 is 15.9 Å². The van der Waals surface area contributed by atoms with Crippen molar-refractivity contribution in [2.24, 2.45) is 0 Å². The van der Waals surface area contributed by atoms with E-state index in [9.17, 15) is 4.39 Å². The first kappa shape index (κ1) is 11.1. The molecule has 2 aromatic rings. The lowest BCUT2D eigenvalue weighted by molar-refractivity contribution is 0.297. The van der Waals surface area contributed by atoms with Crippen molar-refractivity contribution in [3.8, 4) is 5.75 Å². The van der Waals surface area contributed by atoms with Gasteiger partial charge in [0, 0.05) is 18.0 Å². The second-order valence-electron chi connectivity index (χ2n) is 3.19. The fourth-order valence-corrected chi connectivity index (χ4v) is 1.62. The van der Waals surface area contributed by atoms with Crippen molar-refractivity contribution in [2.45, 2.75) is 6.61 Å². The summed E-state index contributed by atoms with van der Waals surface area (Å²) in [6.07, 6.45) is 3.26. The molecule has 4 heteroatoms. The van der Waals surface area contributed by atoms with Crippen LogP contribution < -0.4 is 4.74 Å². The van der Waals surface area contributed by atoms with Crippen molar-refractivity contribution in [1.29, 1.82) is 0 Å². The topological polar surface area (TPSA) is 22.1 Å². The Morgan fingerprint density at radius 3 is 2.81 bits per heavy atom. The number of halogens is 2. The molecule has 0 spiro atoms. The maximum atomic E-state index is 13.3. The minimum atomic E-state index is -0.257. The number of rotatable bonds is 3. The number of nitrogens with zero attached hydrogens (tertiary/aromatic N) is 1. The van der Waals surface area contributed by atoms with Gasteiger partial charge in [-0.2, -0.15) is 0 Å². The minimum Gasteiger partial charge on any atom is -0.487 e. The third-order valence-corrected chi connectivity index (χ3v) is 2.67. The number of pyridine rings is 1. The molecule has 0 bridgehead atoms. The van der Waals surface area contributed by atoms with Gasteiger partial charge in [-0.05, 0) is 28.1 Å². The number of hydrogen-bond donors (Lipinski definition) is 0. The number of aromatic nitrogens is 1. The Hall–Kier alpha value is -1.42. The molecule has 2 rings (SSSR count). The Morgan fingerprint density at radius 1 is 1.25 bits per heavy atom. The summed E-state index contributed by atoms with van der Waals surface area (Å²) in [5.41, 5.74) is 0.534. The lowest BCUT2D eigenvalue weighted by Gasteiger charge is -2.07. The van der Waals surface area contributed by atoms with Gasteiger partial charge in [-0.25, -0.2) is 4.39 Å². The number of ether oxygens (including phenoxy) is 1. The van der Waals surface area contributed by atoms with Gasteiger partial charge in [-0.15, -0.1) is 0 Å². The highest BCUT2D eigenvalue weighted by atomic mass is 79.9. The predicted molar refractivity (Wildman–Crippen MR) is 62.7 cm³/mol. The SMILES string of the molecule is Fc1ccccc1COc1ccncc1Br.